The Morgan fingerprint density at radius 3 is 2.78 bits per heavy atom. The summed E-state index contributed by atoms with van der Waals surface area (Å²) in [5.41, 5.74) is 4.11. The van der Waals surface area contributed by atoms with Crippen molar-refractivity contribution in [1.82, 2.24) is 9.97 Å². The molecule has 0 spiro atoms. The molecule has 1 aromatic carbocycles. The van der Waals surface area contributed by atoms with Gasteiger partial charge in [-0.1, -0.05) is 24.3 Å². The highest BCUT2D eigenvalue weighted by Gasteiger charge is 2.06. The van der Waals surface area contributed by atoms with E-state index in [4.69, 9.17) is 4.42 Å². The summed E-state index contributed by atoms with van der Waals surface area (Å²) in [6.45, 7) is 2.13. The molecule has 0 saturated carbocycles. The number of nitrogens with zero attached hydrogens (tertiary/aromatic N) is 2. The zero-order valence-corrected chi connectivity index (χ0v) is 10.3. The van der Waals surface area contributed by atoms with Gasteiger partial charge in [-0.2, -0.15) is 4.98 Å². The van der Waals surface area contributed by atoms with Crippen molar-refractivity contribution >= 4 is 11.2 Å². The highest BCUT2D eigenvalue weighted by Crippen LogP contribution is 2.15. The smallest absolute Gasteiger partial charge is 0.198 e. The molecule has 0 amide bonds. The van der Waals surface area contributed by atoms with Gasteiger partial charge in [0, 0.05) is 12.6 Å². The summed E-state index contributed by atoms with van der Waals surface area (Å²) in [4.78, 5) is 8.55. The Labute approximate surface area is 105 Å². The minimum Gasteiger partial charge on any atom is -0.439 e. The predicted molar refractivity (Wildman–Crippen MR) is 70.4 cm³/mol. The molecular formula is C15H14N2O. The van der Waals surface area contributed by atoms with Crippen LogP contribution in [0.15, 0.2) is 47.0 Å². The lowest BCUT2D eigenvalue weighted by Gasteiger charge is -2.02. The standard InChI is InChI=1S/C15H14N2O/c1-11-5-2-3-6-12(11)8-9-14-17-15-13(18-14)7-4-10-16-15/h2-7,10H,8-9H2,1H3. The molecule has 0 N–H and O–H groups in total. The van der Waals surface area contributed by atoms with Gasteiger partial charge in [0.15, 0.2) is 17.1 Å². The summed E-state index contributed by atoms with van der Waals surface area (Å²) in [5, 5.41) is 0. The fourth-order valence-corrected chi connectivity index (χ4v) is 2.05. The molecule has 0 fully saturated rings. The minimum absolute atomic E-state index is 0.692. The lowest BCUT2D eigenvalue weighted by atomic mass is 10.0. The molecule has 2 heterocycles. The lowest BCUT2D eigenvalue weighted by molar-refractivity contribution is 0.528. The van der Waals surface area contributed by atoms with Crippen LogP contribution in [-0.2, 0) is 12.8 Å². The zero-order chi connectivity index (χ0) is 12.4. The van der Waals surface area contributed by atoms with Crippen LogP contribution in [0.2, 0.25) is 0 Å². The maximum atomic E-state index is 5.66. The van der Waals surface area contributed by atoms with Crippen LogP contribution in [0.3, 0.4) is 0 Å². The van der Waals surface area contributed by atoms with E-state index in [1.807, 2.05) is 12.1 Å². The van der Waals surface area contributed by atoms with Crippen molar-refractivity contribution in [1.29, 1.82) is 0 Å². The maximum Gasteiger partial charge on any atom is 0.198 e. The monoisotopic (exact) mass is 238 g/mol. The minimum atomic E-state index is 0.692. The molecule has 0 aliphatic carbocycles. The van der Waals surface area contributed by atoms with Crippen LogP contribution in [-0.4, -0.2) is 9.97 Å². The first-order chi connectivity index (χ1) is 8.83. The van der Waals surface area contributed by atoms with E-state index in [1.54, 1.807) is 6.20 Å². The molecular weight excluding hydrogens is 224 g/mol. The Hall–Kier alpha value is -2.16. The van der Waals surface area contributed by atoms with Crippen LogP contribution in [0.1, 0.15) is 17.0 Å². The maximum absolute atomic E-state index is 5.66. The van der Waals surface area contributed by atoms with Crippen molar-refractivity contribution in [2.75, 3.05) is 0 Å². The van der Waals surface area contributed by atoms with E-state index in [9.17, 15) is 0 Å². The van der Waals surface area contributed by atoms with Gasteiger partial charge in [0.05, 0.1) is 0 Å². The largest absolute Gasteiger partial charge is 0.439 e. The van der Waals surface area contributed by atoms with Crippen LogP contribution in [0.25, 0.3) is 11.2 Å². The molecule has 0 saturated heterocycles. The Kier molecular flexibility index (Phi) is 2.81. The Bertz CT molecular complexity index is 640. The van der Waals surface area contributed by atoms with Gasteiger partial charge in [0.2, 0.25) is 0 Å². The second kappa shape index (κ2) is 4.61. The third-order valence-corrected chi connectivity index (χ3v) is 3.08. The molecule has 3 aromatic rings. The first-order valence-electron chi connectivity index (χ1n) is 6.08. The van der Waals surface area contributed by atoms with Gasteiger partial charge in [-0.25, -0.2) is 4.98 Å². The van der Waals surface area contributed by atoms with Crippen molar-refractivity contribution in [2.45, 2.75) is 19.8 Å². The summed E-state index contributed by atoms with van der Waals surface area (Å²) in [7, 11) is 0. The molecule has 0 aliphatic heterocycles. The summed E-state index contributed by atoms with van der Waals surface area (Å²) >= 11 is 0. The fourth-order valence-electron chi connectivity index (χ4n) is 2.05. The van der Waals surface area contributed by atoms with Gasteiger partial charge in [-0.15, -0.1) is 0 Å². The van der Waals surface area contributed by atoms with Gasteiger partial charge < -0.3 is 4.42 Å². The third-order valence-electron chi connectivity index (χ3n) is 3.08. The Morgan fingerprint density at radius 1 is 1.06 bits per heavy atom. The summed E-state index contributed by atoms with van der Waals surface area (Å²) in [6, 6.07) is 12.2. The van der Waals surface area contributed by atoms with Crippen LogP contribution >= 0.6 is 0 Å². The molecule has 3 rings (SSSR count). The van der Waals surface area contributed by atoms with E-state index < -0.39 is 0 Å². The normalized spacial score (nSPS) is 10.9. The summed E-state index contributed by atoms with van der Waals surface area (Å²) in [6.07, 6.45) is 3.48. The highest BCUT2D eigenvalue weighted by molar-refractivity contribution is 5.66. The van der Waals surface area contributed by atoms with Gasteiger partial charge in [0.1, 0.15) is 0 Å². The lowest BCUT2D eigenvalue weighted by Crippen LogP contribution is -1.93. The van der Waals surface area contributed by atoms with Crippen LogP contribution in [0.4, 0.5) is 0 Å². The topological polar surface area (TPSA) is 38.9 Å². The second-order valence-electron chi connectivity index (χ2n) is 4.36. The second-order valence-corrected chi connectivity index (χ2v) is 4.36. The summed E-state index contributed by atoms with van der Waals surface area (Å²) < 4.78 is 5.66. The number of hydrogen-bond acceptors (Lipinski definition) is 3. The van der Waals surface area contributed by atoms with Gasteiger partial charge in [-0.05, 0) is 36.6 Å². The Morgan fingerprint density at radius 2 is 1.94 bits per heavy atom. The van der Waals surface area contributed by atoms with Crippen molar-refractivity contribution in [3.63, 3.8) is 0 Å². The third kappa shape index (κ3) is 2.12. The van der Waals surface area contributed by atoms with E-state index in [2.05, 4.69) is 41.2 Å². The van der Waals surface area contributed by atoms with Gasteiger partial charge >= 0.3 is 0 Å². The molecule has 18 heavy (non-hydrogen) atoms. The number of benzene rings is 1. The molecule has 3 heteroatoms. The quantitative estimate of drug-likeness (QED) is 0.702. The summed E-state index contributed by atoms with van der Waals surface area (Å²) in [5.74, 6) is 0.756. The van der Waals surface area contributed by atoms with E-state index in [0.717, 1.165) is 24.3 Å². The zero-order valence-electron chi connectivity index (χ0n) is 10.3. The number of pyridine rings is 1. The molecule has 0 aliphatic rings. The molecule has 0 bridgehead atoms. The van der Waals surface area contributed by atoms with Crippen LogP contribution < -0.4 is 0 Å². The molecule has 3 nitrogen and oxygen atoms in total. The first kappa shape index (κ1) is 11.0. The van der Waals surface area contributed by atoms with E-state index in [-0.39, 0.29) is 0 Å². The number of aryl methyl sites for hydroxylation is 3. The molecule has 90 valence electrons. The predicted octanol–water partition coefficient (Wildman–Crippen LogP) is 3.32. The van der Waals surface area contributed by atoms with Crippen molar-refractivity contribution in [3.05, 3.63) is 59.6 Å². The van der Waals surface area contributed by atoms with Crippen molar-refractivity contribution in [2.24, 2.45) is 0 Å². The fraction of sp³-hybridized carbons (Fsp3) is 0.200. The average molecular weight is 238 g/mol. The van der Waals surface area contributed by atoms with E-state index in [0.29, 0.717) is 5.65 Å². The number of fused-ring (bicyclic) bond motifs is 1. The number of rotatable bonds is 3. The van der Waals surface area contributed by atoms with Crippen LogP contribution in [0, 0.1) is 6.92 Å². The van der Waals surface area contributed by atoms with Crippen LogP contribution in [0.5, 0.6) is 0 Å². The molecule has 0 atom stereocenters. The van der Waals surface area contributed by atoms with Gasteiger partial charge in [0.25, 0.3) is 0 Å². The van der Waals surface area contributed by atoms with E-state index >= 15 is 0 Å². The van der Waals surface area contributed by atoms with E-state index in [1.165, 1.54) is 11.1 Å². The average Bonchev–Trinajstić information content (AvgIpc) is 2.80. The van der Waals surface area contributed by atoms with Gasteiger partial charge in [-0.3, -0.25) is 0 Å². The number of oxazole rings is 1. The number of hydrogen-bond donors (Lipinski definition) is 0. The molecule has 0 radical (unpaired) electrons. The SMILES string of the molecule is Cc1ccccc1CCc1nc2ncccc2o1. The first-order valence-corrected chi connectivity index (χ1v) is 6.08. The van der Waals surface area contributed by atoms with Crippen molar-refractivity contribution < 1.29 is 4.42 Å². The number of aromatic nitrogens is 2. The highest BCUT2D eigenvalue weighted by atomic mass is 16.3. The van der Waals surface area contributed by atoms with Crippen molar-refractivity contribution in [3.8, 4) is 0 Å². The molecule has 0 unspecified atom stereocenters. The Balaban J connectivity index is 1.79. The molecule has 2 aromatic heterocycles.